The van der Waals surface area contributed by atoms with Crippen LogP contribution in [0.2, 0.25) is 0 Å². The molecular formula is C14H18O4. The predicted octanol–water partition coefficient (Wildman–Crippen LogP) is 2.40. The normalized spacial score (nSPS) is 21.3. The highest BCUT2D eigenvalue weighted by Gasteiger charge is 2.40. The zero-order valence-corrected chi connectivity index (χ0v) is 10.9. The Balaban J connectivity index is 2.00. The van der Waals surface area contributed by atoms with E-state index in [1.165, 1.54) is 0 Å². The van der Waals surface area contributed by atoms with Crippen LogP contribution in [0.4, 0.5) is 0 Å². The highest BCUT2D eigenvalue weighted by Crippen LogP contribution is 2.39. The predicted molar refractivity (Wildman–Crippen MR) is 66.6 cm³/mol. The fraction of sp³-hybridized carbons (Fsp3) is 0.500. The number of hydrogen-bond acceptors (Lipinski definition) is 4. The summed E-state index contributed by atoms with van der Waals surface area (Å²) in [6, 6.07) is 5.44. The summed E-state index contributed by atoms with van der Waals surface area (Å²) >= 11 is 0. The Hall–Kier alpha value is -1.71. The second-order valence-corrected chi connectivity index (χ2v) is 4.60. The molecule has 0 aliphatic heterocycles. The van der Waals surface area contributed by atoms with E-state index in [0.717, 1.165) is 17.7 Å². The molecule has 0 aromatic heterocycles. The average molecular weight is 250 g/mol. The van der Waals surface area contributed by atoms with Crippen molar-refractivity contribution in [3.8, 4) is 11.5 Å². The summed E-state index contributed by atoms with van der Waals surface area (Å²) in [6.45, 7) is 2.28. The van der Waals surface area contributed by atoms with Gasteiger partial charge in [0.1, 0.15) is 18.1 Å². The van der Waals surface area contributed by atoms with E-state index in [1.807, 2.05) is 18.2 Å². The molecule has 4 heteroatoms. The summed E-state index contributed by atoms with van der Waals surface area (Å²) in [5.41, 5.74) is 0.818. The maximum absolute atomic E-state index is 11.6. The van der Waals surface area contributed by atoms with Crippen LogP contribution in [0.5, 0.6) is 11.5 Å². The van der Waals surface area contributed by atoms with Gasteiger partial charge in [-0.1, -0.05) is 6.92 Å². The maximum Gasteiger partial charge on any atom is 0.309 e. The molecule has 0 N–H and O–H groups in total. The summed E-state index contributed by atoms with van der Waals surface area (Å²) in [5, 5.41) is 0. The van der Waals surface area contributed by atoms with Gasteiger partial charge in [-0.2, -0.15) is 0 Å². The molecule has 98 valence electrons. The van der Waals surface area contributed by atoms with E-state index < -0.39 is 0 Å². The van der Waals surface area contributed by atoms with E-state index in [2.05, 4.69) is 6.92 Å². The first-order valence-corrected chi connectivity index (χ1v) is 6.03. The van der Waals surface area contributed by atoms with Gasteiger partial charge >= 0.3 is 5.97 Å². The van der Waals surface area contributed by atoms with E-state index >= 15 is 0 Å². The molecule has 1 aliphatic rings. The van der Waals surface area contributed by atoms with Gasteiger partial charge in [0.15, 0.2) is 0 Å². The monoisotopic (exact) mass is 250 g/mol. The second kappa shape index (κ2) is 5.29. The lowest BCUT2D eigenvalue weighted by Gasteiger charge is -2.11. The number of hydrogen-bond donors (Lipinski definition) is 0. The zero-order chi connectivity index (χ0) is 13.1. The molecular weight excluding hydrogens is 232 g/mol. The van der Waals surface area contributed by atoms with Gasteiger partial charge in [-0.25, -0.2) is 0 Å². The number of ether oxygens (including phenoxy) is 3. The summed E-state index contributed by atoms with van der Waals surface area (Å²) in [6.07, 6.45) is 0.939. The number of carbonyl (C=O) groups is 1. The van der Waals surface area contributed by atoms with Crippen molar-refractivity contribution in [2.75, 3.05) is 14.2 Å². The smallest absolute Gasteiger partial charge is 0.309 e. The third-order valence-electron chi connectivity index (χ3n) is 3.27. The van der Waals surface area contributed by atoms with Crippen LogP contribution in [0.15, 0.2) is 18.2 Å². The Morgan fingerprint density at radius 2 is 2.06 bits per heavy atom. The van der Waals surface area contributed by atoms with Crippen molar-refractivity contribution in [2.45, 2.75) is 20.0 Å². The summed E-state index contributed by atoms with van der Waals surface area (Å²) in [7, 11) is 3.19. The lowest BCUT2D eigenvalue weighted by Crippen LogP contribution is -2.08. The first-order chi connectivity index (χ1) is 8.65. The number of esters is 1. The Labute approximate surface area is 107 Å². The molecule has 0 amide bonds. The Morgan fingerprint density at radius 1 is 1.33 bits per heavy atom. The molecule has 0 heterocycles. The van der Waals surface area contributed by atoms with Gasteiger partial charge < -0.3 is 14.2 Å². The molecule has 4 nitrogen and oxygen atoms in total. The van der Waals surface area contributed by atoms with Crippen LogP contribution in [0.1, 0.15) is 18.9 Å². The molecule has 18 heavy (non-hydrogen) atoms. The van der Waals surface area contributed by atoms with Gasteiger partial charge in [0, 0.05) is 5.56 Å². The van der Waals surface area contributed by atoms with Crippen molar-refractivity contribution < 1.29 is 19.0 Å². The summed E-state index contributed by atoms with van der Waals surface area (Å²) in [4.78, 5) is 11.6. The lowest BCUT2D eigenvalue weighted by atomic mass is 10.2. The van der Waals surface area contributed by atoms with Gasteiger partial charge in [0.25, 0.3) is 0 Å². The second-order valence-electron chi connectivity index (χ2n) is 4.60. The topological polar surface area (TPSA) is 44.8 Å². The molecule has 0 saturated heterocycles. The molecule has 0 bridgehead atoms. The van der Waals surface area contributed by atoms with Gasteiger partial charge in [0.2, 0.25) is 0 Å². The van der Waals surface area contributed by atoms with E-state index in [-0.39, 0.29) is 18.5 Å². The number of carbonyl (C=O) groups excluding carboxylic acids is 1. The number of rotatable bonds is 5. The molecule has 2 unspecified atom stereocenters. The van der Waals surface area contributed by atoms with Crippen LogP contribution in [-0.4, -0.2) is 20.2 Å². The molecule has 0 radical (unpaired) electrons. The van der Waals surface area contributed by atoms with Crippen molar-refractivity contribution >= 4 is 5.97 Å². The molecule has 0 spiro atoms. The molecule has 1 aromatic carbocycles. The van der Waals surface area contributed by atoms with Crippen LogP contribution < -0.4 is 9.47 Å². The van der Waals surface area contributed by atoms with E-state index in [1.54, 1.807) is 14.2 Å². The summed E-state index contributed by atoms with van der Waals surface area (Å²) < 4.78 is 15.7. The number of methoxy groups -OCH3 is 2. The van der Waals surface area contributed by atoms with Crippen molar-refractivity contribution in [1.82, 2.24) is 0 Å². The Bertz CT molecular complexity index is 441. The molecule has 1 aliphatic carbocycles. The standard InChI is InChI=1S/C14H18O4/c1-9-6-12(9)14(15)18-8-10-7-11(16-2)4-5-13(10)17-3/h4-5,7,9,12H,6,8H2,1-3H3. The Kier molecular flexibility index (Phi) is 3.75. The van der Waals surface area contributed by atoms with Crippen LogP contribution >= 0.6 is 0 Å². The van der Waals surface area contributed by atoms with E-state index in [9.17, 15) is 4.79 Å². The van der Waals surface area contributed by atoms with Gasteiger partial charge in [-0.05, 0) is 30.5 Å². The van der Waals surface area contributed by atoms with Crippen molar-refractivity contribution in [3.05, 3.63) is 23.8 Å². The van der Waals surface area contributed by atoms with Crippen LogP contribution in [0.25, 0.3) is 0 Å². The first-order valence-electron chi connectivity index (χ1n) is 6.03. The van der Waals surface area contributed by atoms with Gasteiger partial charge in [0.05, 0.1) is 20.1 Å². The average Bonchev–Trinajstić information content (AvgIpc) is 3.12. The van der Waals surface area contributed by atoms with E-state index in [4.69, 9.17) is 14.2 Å². The van der Waals surface area contributed by atoms with Crippen molar-refractivity contribution in [1.29, 1.82) is 0 Å². The molecule has 1 aromatic rings. The molecule has 2 atom stereocenters. The minimum atomic E-state index is -0.118. The van der Waals surface area contributed by atoms with Crippen LogP contribution in [0.3, 0.4) is 0 Å². The SMILES string of the molecule is COc1ccc(OC)c(COC(=O)C2CC2C)c1. The molecule has 2 rings (SSSR count). The first kappa shape index (κ1) is 12.7. The van der Waals surface area contributed by atoms with Gasteiger partial charge in [-0.3, -0.25) is 4.79 Å². The van der Waals surface area contributed by atoms with E-state index in [0.29, 0.717) is 11.7 Å². The third kappa shape index (κ3) is 2.75. The number of benzene rings is 1. The van der Waals surface area contributed by atoms with Crippen LogP contribution in [-0.2, 0) is 16.1 Å². The molecule has 1 fully saturated rings. The van der Waals surface area contributed by atoms with Crippen LogP contribution in [0, 0.1) is 11.8 Å². The highest BCUT2D eigenvalue weighted by atomic mass is 16.5. The molecule has 1 saturated carbocycles. The third-order valence-corrected chi connectivity index (χ3v) is 3.27. The fourth-order valence-electron chi connectivity index (χ4n) is 1.90. The van der Waals surface area contributed by atoms with Crippen molar-refractivity contribution in [2.24, 2.45) is 11.8 Å². The minimum absolute atomic E-state index is 0.0848. The lowest BCUT2D eigenvalue weighted by molar-refractivity contribution is -0.146. The quantitative estimate of drug-likeness (QED) is 0.753. The highest BCUT2D eigenvalue weighted by molar-refractivity contribution is 5.75. The Morgan fingerprint density at radius 3 is 2.61 bits per heavy atom. The fourth-order valence-corrected chi connectivity index (χ4v) is 1.90. The minimum Gasteiger partial charge on any atom is -0.497 e. The van der Waals surface area contributed by atoms with Crippen molar-refractivity contribution in [3.63, 3.8) is 0 Å². The largest absolute Gasteiger partial charge is 0.497 e. The zero-order valence-electron chi connectivity index (χ0n) is 10.9. The summed E-state index contributed by atoms with van der Waals surface area (Å²) in [5.74, 6) is 1.85. The van der Waals surface area contributed by atoms with Gasteiger partial charge in [-0.15, -0.1) is 0 Å². The maximum atomic E-state index is 11.6.